The predicted octanol–water partition coefficient (Wildman–Crippen LogP) is 4.39. The van der Waals surface area contributed by atoms with Crippen molar-refractivity contribution in [2.45, 2.75) is 72.1 Å². The number of amides is 2. The second kappa shape index (κ2) is 15.0. The van der Waals surface area contributed by atoms with Gasteiger partial charge in [-0.3, -0.25) is 9.79 Å². The number of nitrogens with one attached hydrogen (secondary N) is 3. The predicted molar refractivity (Wildman–Crippen MR) is 185 cm³/mol. The molecule has 3 aromatic rings. The van der Waals surface area contributed by atoms with Gasteiger partial charge in [-0.2, -0.15) is 0 Å². The number of aromatic amines is 1. The van der Waals surface area contributed by atoms with Crippen molar-refractivity contribution >= 4 is 52.1 Å². The molecule has 46 heavy (non-hydrogen) atoms. The van der Waals surface area contributed by atoms with Gasteiger partial charge in [0.1, 0.15) is 11.1 Å². The van der Waals surface area contributed by atoms with Gasteiger partial charge in [0, 0.05) is 63.0 Å². The summed E-state index contributed by atoms with van der Waals surface area (Å²) in [6, 6.07) is 7.93. The number of ether oxygens (including phenoxy) is 1. The number of carbonyl (C=O) groups excluding carboxylic acids is 2. The highest BCUT2D eigenvalue weighted by atomic mass is 16.6. The SMILES string of the molecule is CCNc1ccc(C(C=NC2CCN(C(=O)OC(C)(C)C)CC2)=CN)cc1N(CC)C(C)CNC(=O)c1nc2cc[nH]c2nc1N. The van der Waals surface area contributed by atoms with Crippen LogP contribution in [0.4, 0.5) is 22.0 Å². The molecule has 7 N–H and O–H groups in total. The minimum atomic E-state index is -0.519. The number of aliphatic imine (C=N–C) groups is 1. The summed E-state index contributed by atoms with van der Waals surface area (Å²) in [6.07, 6.45) is 6.32. The van der Waals surface area contributed by atoms with Crippen molar-refractivity contribution < 1.29 is 14.3 Å². The van der Waals surface area contributed by atoms with Crippen molar-refractivity contribution in [3.8, 4) is 0 Å². The molecule has 1 atom stereocenters. The van der Waals surface area contributed by atoms with Crippen molar-refractivity contribution in [3.63, 3.8) is 0 Å². The van der Waals surface area contributed by atoms with Gasteiger partial charge in [0.15, 0.2) is 17.2 Å². The summed E-state index contributed by atoms with van der Waals surface area (Å²) in [5, 5.41) is 6.44. The van der Waals surface area contributed by atoms with Crippen molar-refractivity contribution in [2.24, 2.45) is 10.7 Å². The number of hydrogen-bond donors (Lipinski definition) is 5. The summed E-state index contributed by atoms with van der Waals surface area (Å²) >= 11 is 0. The first kappa shape index (κ1) is 34.1. The molecular weight excluding hydrogens is 584 g/mol. The number of likely N-dealkylation sites (tertiary alicyclic amines) is 1. The van der Waals surface area contributed by atoms with E-state index in [4.69, 9.17) is 21.2 Å². The van der Waals surface area contributed by atoms with E-state index >= 15 is 0 Å². The van der Waals surface area contributed by atoms with Crippen molar-refractivity contribution in [3.05, 3.63) is 47.9 Å². The third kappa shape index (κ3) is 8.46. The summed E-state index contributed by atoms with van der Waals surface area (Å²) < 4.78 is 5.51. The van der Waals surface area contributed by atoms with Crippen LogP contribution >= 0.6 is 0 Å². The average Bonchev–Trinajstić information content (AvgIpc) is 3.48. The van der Waals surface area contributed by atoms with Gasteiger partial charge in [0.25, 0.3) is 5.91 Å². The smallest absolute Gasteiger partial charge is 0.410 e. The number of nitrogen functional groups attached to an aromatic ring is 1. The lowest BCUT2D eigenvalue weighted by atomic mass is 10.0. The average molecular weight is 633 g/mol. The van der Waals surface area contributed by atoms with E-state index in [-0.39, 0.29) is 35.6 Å². The molecule has 2 aromatic heterocycles. The van der Waals surface area contributed by atoms with Crippen LogP contribution in [0.1, 0.15) is 70.4 Å². The first-order chi connectivity index (χ1) is 21.9. The molecule has 0 aliphatic carbocycles. The molecule has 13 heteroatoms. The van der Waals surface area contributed by atoms with Crippen molar-refractivity contribution in [1.29, 1.82) is 0 Å². The summed E-state index contributed by atoms with van der Waals surface area (Å²) in [6.45, 7) is 14.8. The monoisotopic (exact) mass is 632 g/mol. The number of aromatic nitrogens is 3. The molecule has 1 saturated heterocycles. The number of allylic oxidation sites excluding steroid dienone is 1. The zero-order valence-corrected chi connectivity index (χ0v) is 27.8. The van der Waals surface area contributed by atoms with Crippen LogP contribution in [0, 0.1) is 0 Å². The molecular formula is C33H48N10O3. The molecule has 1 unspecified atom stereocenters. The van der Waals surface area contributed by atoms with Crippen LogP contribution in [0.5, 0.6) is 0 Å². The van der Waals surface area contributed by atoms with Gasteiger partial charge in [0.05, 0.1) is 17.4 Å². The van der Waals surface area contributed by atoms with Crippen molar-refractivity contribution in [2.75, 3.05) is 48.7 Å². The zero-order valence-electron chi connectivity index (χ0n) is 27.8. The lowest BCUT2D eigenvalue weighted by Crippen LogP contribution is -2.43. The second-order valence-corrected chi connectivity index (χ2v) is 12.4. The maximum atomic E-state index is 13.0. The van der Waals surface area contributed by atoms with Crippen LogP contribution in [0.25, 0.3) is 16.7 Å². The van der Waals surface area contributed by atoms with E-state index in [1.54, 1.807) is 23.4 Å². The molecule has 1 fully saturated rings. The molecule has 1 aliphatic heterocycles. The lowest BCUT2D eigenvalue weighted by Gasteiger charge is -2.33. The number of fused-ring (bicyclic) bond motifs is 1. The Bertz CT molecular complexity index is 1570. The summed E-state index contributed by atoms with van der Waals surface area (Å²) in [7, 11) is 0. The Morgan fingerprint density at radius 1 is 1.22 bits per heavy atom. The Labute approximate surface area is 270 Å². The first-order valence-electron chi connectivity index (χ1n) is 15.9. The van der Waals surface area contributed by atoms with Crippen LogP contribution in [0.2, 0.25) is 0 Å². The molecule has 0 spiro atoms. The van der Waals surface area contributed by atoms with Crippen molar-refractivity contribution in [1.82, 2.24) is 25.2 Å². The van der Waals surface area contributed by atoms with E-state index < -0.39 is 5.60 Å². The third-order valence-corrected chi connectivity index (χ3v) is 7.78. The van der Waals surface area contributed by atoms with Crippen LogP contribution in [0.15, 0.2) is 41.7 Å². The minimum absolute atomic E-state index is 0.0686. The highest BCUT2D eigenvalue weighted by Gasteiger charge is 2.27. The van der Waals surface area contributed by atoms with E-state index in [1.165, 1.54) is 0 Å². The Hall–Kier alpha value is -4.81. The number of hydrogen-bond acceptors (Lipinski definition) is 10. The molecule has 0 saturated carbocycles. The van der Waals surface area contributed by atoms with Crippen LogP contribution in [-0.4, -0.2) is 88.5 Å². The topological polar surface area (TPSA) is 180 Å². The van der Waals surface area contributed by atoms with E-state index in [9.17, 15) is 9.59 Å². The number of benzene rings is 1. The molecule has 248 valence electrons. The number of likely N-dealkylation sites (N-methyl/N-ethyl adjacent to an activating group) is 1. The van der Waals surface area contributed by atoms with Gasteiger partial charge in [0.2, 0.25) is 0 Å². The maximum Gasteiger partial charge on any atom is 0.410 e. The van der Waals surface area contributed by atoms with Gasteiger partial charge in [-0.1, -0.05) is 6.07 Å². The number of nitrogens with two attached hydrogens (primary N) is 2. The Kier molecular flexibility index (Phi) is 11.1. The number of anilines is 3. The molecule has 1 aromatic carbocycles. The van der Waals surface area contributed by atoms with E-state index in [2.05, 4.69) is 57.3 Å². The van der Waals surface area contributed by atoms with E-state index in [0.29, 0.717) is 37.3 Å². The first-order valence-corrected chi connectivity index (χ1v) is 15.9. The molecule has 13 nitrogen and oxygen atoms in total. The van der Waals surface area contributed by atoms with Gasteiger partial charge in [-0.25, -0.2) is 14.8 Å². The highest BCUT2D eigenvalue weighted by molar-refractivity contribution is 6.10. The summed E-state index contributed by atoms with van der Waals surface area (Å²) in [4.78, 5) is 45.9. The minimum Gasteiger partial charge on any atom is -0.444 e. The van der Waals surface area contributed by atoms with Gasteiger partial charge in [-0.05, 0) is 78.1 Å². The Morgan fingerprint density at radius 2 is 1.96 bits per heavy atom. The van der Waals surface area contributed by atoms with Gasteiger partial charge in [-0.15, -0.1) is 0 Å². The standard InChI is InChI=1S/C33H48N10O3/c1-7-36-25-10-9-22(23(18-34)20-38-24-12-15-42(16-13-24)32(45)46-33(4,5)6)17-27(25)43(8-2)21(3)19-39-31(44)28-29(35)41-30-26(40-28)11-14-37-30/h9-11,14,17-18,20-21,24,36H,7-8,12-13,15-16,19,34H2,1-6H3,(H,39,44)(H3,35,37,41). The Morgan fingerprint density at radius 3 is 2.61 bits per heavy atom. The van der Waals surface area contributed by atoms with Crippen LogP contribution in [0.3, 0.4) is 0 Å². The quantitative estimate of drug-likeness (QED) is 0.192. The normalized spacial score (nSPS) is 15.3. The molecule has 1 aliphatic rings. The number of carbonyl (C=O) groups is 2. The fraction of sp³-hybridized carbons (Fsp3) is 0.485. The third-order valence-electron chi connectivity index (χ3n) is 7.78. The summed E-state index contributed by atoms with van der Waals surface area (Å²) in [5.41, 5.74) is 16.5. The van der Waals surface area contributed by atoms with E-state index in [1.807, 2.05) is 39.1 Å². The maximum absolute atomic E-state index is 13.0. The second-order valence-electron chi connectivity index (χ2n) is 12.4. The van der Waals surface area contributed by atoms with Crippen LogP contribution in [-0.2, 0) is 4.74 Å². The molecule has 3 heterocycles. The Balaban J connectivity index is 1.45. The molecule has 0 bridgehead atoms. The number of nitrogens with zero attached hydrogens (tertiary/aromatic N) is 5. The lowest BCUT2D eigenvalue weighted by molar-refractivity contribution is 0.0207. The molecule has 0 radical (unpaired) electrons. The summed E-state index contributed by atoms with van der Waals surface area (Å²) in [5.74, 6) is -0.302. The fourth-order valence-corrected chi connectivity index (χ4v) is 5.42. The molecule has 2 amide bonds. The van der Waals surface area contributed by atoms with Gasteiger partial charge < -0.3 is 41.6 Å². The fourth-order valence-electron chi connectivity index (χ4n) is 5.42. The van der Waals surface area contributed by atoms with Gasteiger partial charge >= 0.3 is 6.09 Å². The number of piperidine rings is 1. The van der Waals surface area contributed by atoms with E-state index in [0.717, 1.165) is 41.9 Å². The number of rotatable bonds is 11. The largest absolute Gasteiger partial charge is 0.444 e. The highest BCUT2D eigenvalue weighted by Crippen LogP contribution is 2.31. The zero-order chi connectivity index (χ0) is 33.4. The number of H-pyrrole nitrogens is 1. The van der Waals surface area contributed by atoms with Crippen LogP contribution < -0.4 is 27.0 Å². The molecule has 4 rings (SSSR count).